The molecule has 3 N–H and O–H groups in total. The Morgan fingerprint density at radius 3 is 3.27 bits per heavy atom. The van der Waals surface area contributed by atoms with E-state index in [0.717, 1.165) is 25.3 Å². The second-order valence-electron chi connectivity index (χ2n) is 4.46. The number of thiazole rings is 1. The highest BCUT2D eigenvalue weighted by Gasteiger charge is 2.16. The number of hydrogen-bond donors (Lipinski definition) is 2. The molecule has 0 aliphatic carbocycles. The lowest BCUT2D eigenvalue weighted by atomic mass is 10.1. The van der Waals surface area contributed by atoms with E-state index >= 15 is 0 Å². The maximum Gasteiger partial charge on any atom is 0.0930 e. The van der Waals surface area contributed by atoms with Crippen molar-refractivity contribution in [1.82, 2.24) is 10.3 Å². The lowest BCUT2D eigenvalue weighted by Crippen LogP contribution is -2.16. The maximum atomic E-state index is 5.77. The van der Waals surface area contributed by atoms with E-state index in [-0.39, 0.29) is 6.04 Å². The lowest BCUT2D eigenvalue weighted by molar-refractivity contribution is 0.578. The predicted octanol–water partition coefficient (Wildman–Crippen LogP) is 1.18. The highest BCUT2D eigenvalue weighted by Crippen LogP contribution is 2.20. The van der Waals surface area contributed by atoms with E-state index in [1.807, 2.05) is 24.5 Å². The molecule has 1 fully saturated rings. The topological polar surface area (TPSA) is 50.9 Å². The van der Waals surface area contributed by atoms with Gasteiger partial charge in [-0.1, -0.05) is 0 Å². The minimum absolute atomic E-state index is 0.242. The Balaban J connectivity index is 1.88. The molecule has 4 heteroatoms. The van der Waals surface area contributed by atoms with Crippen LogP contribution in [0.25, 0.3) is 0 Å². The molecule has 2 rings (SSSR count). The predicted molar refractivity (Wildman–Crippen MR) is 64.1 cm³/mol. The van der Waals surface area contributed by atoms with Crippen LogP contribution in [0.3, 0.4) is 0 Å². The molecule has 15 heavy (non-hydrogen) atoms. The van der Waals surface area contributed by atoms with Gasteiger partial charge in [-0.15, -0.1) is 11.3 Å². The molecule has 0 amide bonds. The summed E-state index contributed by atoms with van der Waals surface area (Å²) in [5.41, 5.74) is 5.77. The summed E-state index contributed by atoms with van der Waals surface area (Å²) < 4.78 is 0. The average Bonchev–Trinajstić information content (AvgIpc) is 2.77. The van der Waals surface area contributed by atoms with E-state index < -0.39 is 0 Å². The molecule has 1 saturated heterocycles. The molecule has 3 nitrogen and oxygen atoms in total. The second kappa shape index (κ2) is 5.05. The van der Waals surface area contributed by atoms with Crippen molar-refractivity contribution >= 4 is 11.3 Å². The molecule has 84 valence electrons. The van der Waals surface area contributed by atoms with E-state index in [9.17, 15) is 0 Å². The molecule has 2 atom stereocenters. The summed E-state index contributed by atoms with van der Waals surface area (Å²) in [4.78, 5) is 5.79. The molecule has 0 aromatic carbocycles. The highest BCUT2D eigenvalue weighted by atomic mass is 32.1. The zero-order chi connectivity index (χ0) is 10.7. The standard InChI is InChI=1S/C11H19N3S/c1-8(12)4-10-7-14-11(15-10)5-9-2-3-13-6-9/h7-9,13H,2-6,12H2,1H3. The van der Waals surface area contributed by atoms with E-state index in [0.29, 0.717) is 0 Å². The SMILES string of the molecule is CC(N)Cc1cnc(CC2CCNC2)s1. The van der Waals surface area contributed by atoms with E-state index in [2.05, 4.69) is 10.3 Å². The summed E-state index contributed by atoms with van der Waals surface area (Å²) in [6, 6.07) is 0.242. The fraction of sp³-hybridized carbons (Fsp3) is 0.727. The minimum Gasteiger partial charge on any atom is -0.328 e. The van der Waals surface area contributed by atoms with Gasteiger partial charge in [0, 0.05) is 23.5 Å². The van der Waals surface area contributed by atoms with Crippen molar-refractivity contribution in [2.45, 2.75) is 32.2 Å². The second-order valence-corrected chi connectivity index (χ2v) is 5.66. The summed E-state index contributed by atoms with van der Waals surface area (Å²) in [5.74, 6) is 0.791. The van der Waals surface area contributed by atoms with Crippen LogP contribution >= 0.6 is 11.3 Å². The quantitative estimate of drug-likeness (QED) is 0.809. The number of hydrogen-bond acceptors (Lipinski definition) is 4. The summed E-state index contributed by atoms with van der Waals surface area (Å²) in [7, 11) is 0. The number of rotatable bonds is 4. The Labute approximate surface area is 95.1 Å². The molecule has 2 unspecified atom stereocenters. The van der Waals surface area contributed by atoms with Crippen molar-refractivity contribution < 1.29 is 0 Å². The van der Waals surface area contributed by atoms with Gasteiger partial charge in [0.15, 0.2) is 0 Å². The largest absolute Gasteiger partial charge is 0.328 e. The first-order valence-electron chi connectivity index (χ1n) is 5.64. The summed E-state index contributed by atoms with van der Waals surface area (Å²) in [6.07, 6.45) is 5.38. The fourth-order valence-corrected chi connectivity index (χ4v) is 3.17. The molecule has 2 heterocycles. The summed E-state index contributed by atoms with van der Waals surface area (Å²) in [5, 5.41) is 4.67. The normalized spacial score (nSPS) is 23.2. The Bertz CT molecular complexity index is 303. The third kappa shape index (κ3) is 3.26. The Morgan fingerprint density at radius 1 is 1.73 bits per heavy atom. The van der Waals surface area contributed by atoms with E-state index in [4.69, 9.17) is 5.73 Å². The Kier molecular flexibility index (Phi) is 3.72. The zero-order valence-corrected chi connectivity index (χ0v) is 10.0. The van der Waals surface area contributed by atoms with Gasteiger partial charge in [-0.2, -0.15) is 0 Å². The lowest BCUT2D eigenvalue weighted by Gasteiger charge is -2.04. The van der Waals surface area contributed by atoms with Gasteiger partial charge in [0.1, 0.15) is 0 Å². The van der Waals surface area contributed by atoms with Gasteiger partial charge in [-0.3, -0.25) is 0 Å². The molecule has 1 aromatic heterocycles. The monoisotopic (exact) mass is 225 g/mol. The third-order valence-corrected chi connectivity index (χ3v) is 3.79. The number of nitrogens with zero attached hydrogens (tertiary/aromatic N) is 1. The number of nitrogens with one attached hydrogen (secondary N) is 1. The van der Waals surface area contributed by atoms with Crippen LogP contribution in [0.15, 0.2) is 6.20 Å². The smallest absolute Gasteiger partial charge is 0.0930 e. The first-order valence-corrected chi connectivity index (χ1v) is 6.45. The fourth-order valence-electron chi connectivity index (χ4n) is 1.99. The molecular formula is C11H19N3S. The van der Waals surface area contributed by atoms with Crippen LogP contribution in [-0.4, -0.2) is 24.1 Å². The molecule has 1 aliphatic heterocycles. The molecule has 0 radical (unpaired) electrons. The van der Waals surface area contributed by atoms with Crippen LogP contribution in [-0.2, 0) is 12.8 Å². The number of nitrogens with two attached hydrogens (primary N) is 1. The van der Waals surface area contributed by atoms with Crippen LogP contribution in [0, 0.1) is 5.92 Å². The van der Waals surface area contributed by atoms with Gasteiger partial charge < -0.3 is 11.1 Å². The van der Waals surface area contributed by atoms with Crippen molar-refractivity contribution in [3.8, 4) is 0 Å². The van der Waals surface area contributed by atoms with Gasteiger partial charge in [0.25, 0.3) is 0 Å². The Morgan fingerprint density at radius 2 is 2.60 bits per heavy atom. The van der Waals surface area contributed by atoms with Crippen molar-refractivity contribution in [3.05, 3.63) is 16.1 Å². The maximum absolute atomic E-state index is 5.77. The molecular weight excluding hydrogens is 206 g/mol. The van der Waals surface area contributed by atoms with Crippen LogP contribution < -0.4 is 11.1 Å². The van der Waals surface area contributed by atoms with Gasteiger partial charge in [0.2, 0.25) is 0 Å². The van der Waals surface area contributed by atoms with E-state index in [1.54, 1.807) is 0 Å². The van der Waals surface area contributed by atoms with Gasteiger partial charge in [0.05, 0.1) is 5.01 Å². The summed E-state index contributed by atoms with van der Waals surface area (Å²) >= 11 is 1.83. The highest BCUT2D eigenvalue weighted by molar-refractivity contribution is 7.11. The van der Waals surface area contributed by atoms with Gasteiger partial charge >= 0.3 is 0 Å². The van der Waals surface area contributed by atoms with Crippen molar-refractivity contribution in [2.75, 3.05) is 13.1 Å². The van der Waals surface area contributed by atoms with Crippen LogP contribution in [0.1, 0.15) is 23.2 Å². The minimum atomic E-state index is 0.242. The third-order valence-electron chi connectivity index (χ3n) is 2.75. The molecule has 0 bridgehead atoms. The van der Waals surface area contributed by atoms with Gasteiger partial charge in [-0.05, 0) is 38.8 Å². The van der Waals surface area contributed by atoms with Crippen molar-refractivity contribution in [1.29, 1.82) is 0 Å². The molecule has 0 saturated carbocycles. The zero-order valence-electron chi connectivity index (χ0n) is 9.20. The number of aromatic nitrogens is 1. The molecule has 0 spiro atoms. The summed E-state index contributed by atoms with van der Waals surface area (Å²) in [6.45, 7) is 4.37. The van der Waals surface area contributed by atoms with E-state index in [1.165, 1.54) is 22.9 Å². The van der Waals surface area contributed by atoms with Gasteiger partial charge in [-0.25, -0.2) is 4.98 Å². The molecule has 1 aromatic rings. The van der Waals surface area contributed by atoms with Crippen molar-refractivity contribution in [2.24, 2.45) is 11.7 Å². The average molecular weight is 225 g/mol. The van der Waals surface area contributed by atoms with Crippen LogP contribution in [0.4, 0.5) is 0 Å². The van der Waals surface area contributed by atoms with Crippen LogP contribution in [0.2, 0.25) is 0 Å². The Hall–Kier alpha value is -0.450. The first-order chi connectivity index (χ1) is 7.24. The van der Waals surface area contributed by atoms with Crippen LogP contribution in [0.5, 0.6) is 0 Å². The van der Waals surface area contributed by atoms with Crippen molar-refractivity contribution in [3.63, 3.8) is 0 Å². The first kappa shape index (κ1) is 11.0. The molecule has 1 aliphatic rings.